The van der Waals surface area contributed by atoms with Crippen LogP contribution in [0.5, 0.6) is 0 Å². The Morgan fingerprint density at radius 3 is 2.30 bits per heavy atom. The van der Waals surface area contributed by atoms with Crippen LogP contribution in [-0.4, -0.2) is 25.0 Å². The average molecular weight is 160 g/mol. The van der Waals surface area contributed by atoms with E-state index in [0.717, 1.165) is 0 Å². The highest BCUT2D eigenvalue weighted by molar-refractivity contribution is 5.85. The molecule has 58 valence electrons. The van der Waals surface area contributed by atoms with E-state index in [4.69, 9.17) is 6.42 Å². The van der Waals surface area contributed by atoms with E-state index in [1.807, 2.05) is 0 Å². The molecule has 10 heavy (non-hydrogen) atoms. The highest BCUT2D eigenvalue weighted by Crippen LogP contribution is 2.13. The summed E-state index contributed by atoms with van der Waals surface area (Å²) in [6, 6.07) is 0. The van der Waals surface area contributed by atoms with E-state index in [0.29, 0.717) is 5.92 Å². The van der Waals surface area contributed by atoms with Gasteiger partial charge in [0.2, 0.25) is 0 Å². The van der Waals surface area contributed by atoms with E-state index in [-0.39, 0.29) is 12.4 Å². The number of nitrogens with zero attached hydrogens (tertiary/aromatic N) is 1. The summed E-state index contributed by atoms with van der Waals surface area (Å²) in [5, 5.41) is 0. The lowest BCUT2D eigenvalue weighted by Crippen LogP contribution is -2.29. The molecule has 0 aromatic carbocycles. The van der Waals surface area contributed by atoms with Crippen molar-refractivity contribution in [2.24, 2.45) is 5.92 Å². The molecule has 0 bridgehead atoms. The van der Waals surface area contributed by atoms with Gasteiger partial charge in [-0.2, -0.15) is 0 Å². The highest BCUT2D eigenvalue weighted by Gasteiger charge is 2.12. The van der Waals surface area contributed by atoms with Crippen molar-refractivity contribution < 1.29 is 0 Å². The monoisotopic (exact) mass is 159 g/mol. The fourth-order valence-corrected chi connectivity index (χ4v) is 1.18. The summed E-state index contributed by atoms with van der Waals surface area (Å²) in [6.07, 6.45) is 7.66. The van der Waals surface area contributed by atoms with Crippen molar-refractivity contribution >= 4 is 12.4 Å². The van der Waals surface area contributed by atoms with Crippen molar-refractivity contribution in [3.05, 3.63) is 0 Å². The first kappa shape index (κ1) is 9.81. The molecular formula is C8H14ClN. The van der Waals surface area contributed by atoms with Crippen LogP contribution in [0.3, 0.4) is 0 Å². The van der Waals surface area contributed by atoms with Crippen LogP contribution in [0.4, 0.5) is 0 Å². The molecule has 0 aliphatic carbocycles. The van der Waals surface area contributed by atoms with E-state index in [9.17, 15) is 0 Å². The third kappa shape index (κ3) is 2.60. The normalized spacial score (nSPS) is 21.2. The molecule has 0 aromatic heterocycles. The summed E-state index contributed by atoms with van der Waals surface area (Å²) in [5.74, 6) is 3.35. The standard InChI is InChI=1S/C8H13N.ClH/c1-3-8-4-6-9(2)7-5-8;/h1,8H,4-7H2,2H3;1H. The molecule has 0 unspecified atom stereocenters. The van der Waals surface area contributed by atoms with Crippen LogP contribution in [0.1, 0.15) is 12.8 Å². The second-order valence-corrected chi connectivity index (χ2v) is 2.74. The van der Waals surface area contributed by atoms with Crippen LogP contribution in [0.15, 0.2) is 0 Å². The lowest BCUT2D eigenvalue weighted by molar-refractivity contribution is 0.248. The first-order valence-electron chi connectivity index (χ1n) is 3.47. The minimum Gasteiger partial charge on any atom is -0.306 e. The number of hydrogen-bond donors (Lipinski definition) is 0. The molecular weight excluding hydrogens is 146 g/mol. The van der Waals surface area contributed by atoms with E-state index >= 15 is 0 Å². The van der Waals surface area contributed by atoms with Gasteiger partial charge >= 0.3 is 0 Å². The van der Waals surface area contributed by atoms with Gasteiger partial charge in [0.25, 0.3) is 0 Å². The van der Waals surface area contributed by atoms with Crippen molar-refractivity contribution in [2.75, 3.05) is 20.1 Å². The largest absolute Gasteiger partial charge is 0.306 e. The number of halogens is 1. The van der Waals surface area contributed by atoms with Crippen molar-refractivity contribution in [1.82, 2.24) is 4.90 Å². The molecule has 1 fully saturated rings. The van der Waals surface area contributed by atoms with Crippen LogP contribution in [0.2, 0.25) is 0 Å². The maximum atomic E-state index is 5.28. The molecule has 1 nitrogen and oxygen atoms in total. The van der Waals surface area contributed by atoms with Gasteiger partial charge < -0.3 is 4.90 Å². The fourth-order valence-electron chi connectivity index (χ4n) is 1.18. The van der Waals surface area contributed by atoms with Crippen molar-refractivity contribution in [1.29, 1.82) is 0 Å². The number of piperidine rings is 1. The number of likely N-dealkylation sites (tertiary alicyclic amines) is 1. The molecule has 1 aliphatic heterocycles. The van der Waals surface area contributed by atoms with E-state index in [1.165, 1.54) is 25.9 Å². The number of hydrogen-bond acceptors (Lipinski definition) is 1. The van der Waals surface area contributed by atoms with Crippen LogP contribution >= 0.6 is 12.4 Å². The Morgan fingerprint density at radius 2 is 1.90 bits per heavy atom. The molecule has 0 atom stereocenters. The Hall–Kier alpha value is -0.190. The summed E-state index contributed by atoms with van der Waals surface area (Å²) in [4.78, 5) is 2.33. The summed E-state index contributed by atoms with van der Waals surface area (Å²) in [6.45, 7) is 2.35. The number of rotatable bonds is 0. The predicted octanol–water partition coefficient (Wildman–Crippen LogP) is 1.38. The highest BCUT2D eigenvalue weighted by atomic mass is 35.5. The smallest absolute Gasteiger partial charge is 0.0224 e. The van der Waals surface area contributed by atoms with E-state index in [2.05, 4.69) is 17.9 Å². The summed E-state index contributed by atoms with van der Waals surface area (Å²) < 4.78 is 0. The van der Waals surface area contributed by atoms with Gasteiger partial charge in [0, 0.05) is 5.92 Å². The zero-order valence-corrected chi connectivity index (χ0v) is 7.16. The molecule has 0 saturated carbocycles. The van der Waals surface area contributed by atoms with Crippen LogP contribution < -0.4 is 0 Å². The predicted molar refractivity (Wildman–Crippen MR) is 46.3 cm³/mol. The molecule has 1 rings (SSSR count). The second-order valence-electron chi connectivity index (χ2n) is 2.74. The van der Waals surface area contributed by atoms with Crippen LogP contribution in [0.25, 0.3) is 0 Å². The molecule has 0 radical (unpaired) electrons. The maximum absolute atomic E-state index is 5.28. The molecule has 0 aromatic rings. The van der Waals surface area contributed by atoms with Crippen LogP contribution in [0, 0.1) is 18.3 Å². The Bertz CT molecular complexity index is 120. The van der Waals surface area contributed by atoms with Gasteiger partial charge in [-0.15, -0.1) is 24.8 Å². The van der Waals surface area contributed by atoms with Gasteiger partial charge in [-0.05, 0) is 33.0 Å². The van der Waals surface area contributed by atoms with Crippen LogP contribution in [-0.2, 0) is 0 Å². The van der Waals surface area contributed by atoms with Gasteiger partial charge in [-0.25, -0.2) is 0 Å². The molecule has 0 spiro atoms. The first-order chi connectivity index (χ1) is 4.33. The quantitative estimate of drug-likeness (QED) is 0.483. The van der Waals surface area contributed by atoms with E-state index < -0.39 is 0 Å². The Kier molecular flexibility index (Phi) is 4.51. The summed E-state index contributed by atoms with van der Waals surface area (Å²) >= 11 is 0. The maximum Gasteiger partial charge on any atom is 0.0224 e. The minimum absolute atomic E-state index is 0. The fraction of sp³-hybridized carbons (Fsp3) is 0.750. The third-order valence-corrected chi connectivity index (χ3v) is 1.95. The molecule has 1 saturated heterocycles. The first-order valence-corrected chi connectivity index (χ1v) is 3.47. The molecule has 1 heterocycles. The number of terminal acetylenes is 1. The van der Waals surface area contributed by atoms with Crippen molar-refractivity contribution in [3.8, 4) is 12.3 Å². The van der Waals surface area contributed by atoms with E-state index in [1.54, 1.807) is 0 Å². The summed E-state index contributed by atoms with van der Waals surface area (Å²) in [5.41, 5.74) is 0. The van der Waals surface area contributed by atoms with Crippen molar-refractivity contribution in [2.45, 2.75) is 12.8 Å². The Balaban J connectivity index is 0.000000810. The SMILES string of the molecule is C#CC1CCN(C)CC1.Cl. The second kappa shape index (κ2) is 4.60. The topological polar surface area (TPSA) is 3.24 Å². The third-order valence-electron chi connectivity index (χ3n) is 1.95. The van der Waals surface area contributed by atoms with Crippen molar-refractivity contribution in [3.63, 3.8) is 0 Å². The summed E-state index contributed by atoms with van der Waals surface area (Å²) in [7, 11) is 2.15. The molecule has 1 aliphatic rings. The Labute approximate surface area is 69.2 Å². The van der Waals surface area contributed by atoms with Gasteiger partial charge in [0.15, 0.2) is 0 Å². The van der Waals surface area contributed by atoms with Gasteiger partial charge in [-0.3, -0.25) is 0 Å². The zero-order chi connectivity index (χ0) is 6.69. The van der Waals surface area contributed by atoms with Gasteiger partial charge in [0.1, 0.15) is 0 Å². The Morgan fingerprint density at radius 1 is 1.40 bits per heavy atom. The lowest BCUT2D eigenvalue weighted by Gasteiger charge is -2.25. The average Bonchev–Trinajstić information content (AvgIpc) is 1.90. The zero-order valence-electron chi connectivity index (χ0n) is 6.34. The minimum atomic E-state index is 0. The molecule has 2 heteroatoms. The van der Waals surface area contributed by atoms with Gasteiger partial charge in [0.05, 0.1) is 0 Å². The molecule has 0 amide bonds. The lowest BCUT2D eigenvalue weighted by atomic mass is 9.99. The van der Waals surface area contributed by atoms with Gasteiger partial charge in [-0.1, -0.05) is 0 Å². The molecule has 0 N–H and O–H groups in total.